The summed E-state index contributed by atoms with van der Waals surface area (Å²) in [7, 11) is -3.56. The van der Waals surface area contributed by atoms with Gasteiger partial charge in [-0.3, -0.25) is 4.79 Å². The lowest BCUT2D eigenvalue weighted by Crippen LogP contribution is -2.41. The predicted molar refractivity (Wildman–Crippen MR) is 107 cm³/mol. The number of sulfonamides is 1. The highest BCUT2D eigenvalue weighted by atomic mass is 35.5. The van der Waals surface area contributed by atoms with Gasteiger partial charge in [0.1, 0.15) is 0 Å². The normalized spacial score (nSPS) is 16.3. The minimum atomic E-state index is -3.56. The zero-order chi connectivity index (χ0) is 19.6. The summed E-state index contributed by atoms with van der Waals surface area (Å²) in [6, 6.07) is 12.0. The molecule has 1 aliphatic rings. The van der Waals surface area contributed by atoms with Crippen molar-refractivity contribution in [3.8, 4) is 0 Å². The molecule has 0 atom stereocenters. The molecular weight excluding hydrogens is 384 g/mol. The summed E-state index contributed by atoms with van der Waals surface area (Å²) in [5, 5.41) is 3.51. The number of piperidine rings is 1. The van der Waals surface area contributed by atoms with Crippen molar-refractivity contribution in [1.29, 1.82) is 0 Å². The topological polar surface area (TPSA) is 66.5 Å². The molecule has 0 saturated carbocycles. The first kappa shape index (κ1) is 19.9. The van der Waals surface area contributed by atoms with Gasteiger partial charge in [0.05, 0.1) is 4.90 Å². The predicted octanol–water partition coefficient (Wildman–Crippen LogP) is 4.00. The van der Waals surface area contributed by atoms with Gasteiger partial charge in [0.2, 0.25) is 15.9 Å². The molecule has 0 aliphatic carbocycles. The van der Waals surface area contributed by atoms with Crippen LogP contribution in [0.25, 0.3) is 0 Å². The van der Waals surface area contributed by atoms with E-state index < -0.39 is 10.0 Å². The van der Waals surface area contributed by atoms with Gasteiger partial charge in [0.15, 0.2) is 0 Å². The summed E-state index contributed by atoms with van der Waals surface area (Å²) in [6.45, 7) is 4.58. The van der Waals surface area contributed by atoms with Gasteiger partial charge in [-0.15, -0.1) is 0 Å². The lowest BCUT2D eigenvalue weighted by Gasteiger charge is -2.30. The van der Waals surface area contributed by atoms with E-state index in [1.54, 1.807) is 12.1 Å². The SMILES string of the molecule is Cc1cccc(C)c1NC(=O)C1CCN(S(=O)(=O)c2ccc(Cl)cc2)CC1. The second-order valence-corrected chi connectivity index (χ2v) is 9.26. The number of para-hydroxylation sites is 1. The van der Waals surface area contributed by atoms with Crippen molar-refractivity contribution in [3.05, 3.63) is 58.6 Å². The number of nitrogens with zero attached hydrogens (tertiary/aromatic N) is 1. The smallest absolute Gasteiger partial charge is 0.243 e. The van der Waals surface area contributed by atoms with E-state index in [9.17, 15) is 13.2 Å². The van der Waals surface area contributed by atoms with Crippen LogP contribution in [0, 0.1) is 19.8 Å². The van der Waals surface area contributed by atoms with Gasteiger partial charge in [0, 0.05) is 29.7 Å². The lowest BCUT2D eigenvalue weighted by molar-refractivity contribution is -0.120. The molecule has 1 N–H and O–H groups in total. The number of benzene rings is 2. The maximum atomic E-state index is 12.7. The van der Waals surface area contributed by atoms with Gasteiger partial charge >= 0.3 is 0 Å². The van der Waals surface area contributed by atoms with Gasteiger partial charge in [-0.1, -0.05) is 29.8 Å². The minimum Gasteiger partial charge on any atom is -0.325 e. The molecule has 0 unspecified atom stereocenters. The van der Waals surface area contributed by atoms with Gasteiger partial charge in [-0.05, 0) is 62.1 Å². The van der Waals surface area contributed by atoms with Crippen molar-refractivity contribution in [2.75, 3.05) is 18.4 Å². The molecule has 27 heavy (non-hydrogen) atoms. The number of nitrogens with one attached hydrogen (secondary N) is 1. The summed E-state index contributed by atoms with van der Waals surface area (Å²) < 4.78 is 26.9. The Kier molecular flexibility index (Phi) is 5.89. The highest BCUT2D eigenvalue weighted by Gasteiger charge is 2.32. The Morgan fingerprint density at radius 3 is 2.15 bits per heavy atom. The largest absolute Gasteiger partial charge is 0.325 e. The quantitative estimate of drug-likeness (QED) is 0.834. The third-order valence-electron chi connectivity index (χ3n) is 5.01. The number of amides is 1. The van der Waals surface area contributed by atoms with Crippen LogP contribution in [-0.2, 0) is 14.8 Å². The van der Waals surface area contributed by atoms with Crippen LogP contribution in [0.2, 0.25) is 5.02 Å². The van der Waals surface area contributed by atoms with E-state index in [1.807, 2.05) is 32.0 Å². The molecule has 1 aliphatic heterocycles. The Balaban J connectivity index is 1.64. The monoisotopic (exact) mass is 406 g/mol. The molecule has 5 nitrogen and oxygen atoms in total. The molecule has 0 radical (unpaired) electrons. The highest BCUT2D eigenvalue weighted by Crippen LogP contribution is 2.27. The second kappa shape index (κ2) is 8.00. The van der Waals surface area contributed by atoms with E-state index in [0.29, 0.717) is 31.0 Å². The molecule has 0 bridgehead atoms. The lowest BCUT2D eigenvalue weighted by atomic mass is 9.96. The third kappa shape index (κ3) is 4.34. The zero-order valence-electron chi connectivity index (χ0n) is 15.4. The standard InChI is InChI=1S/C20H23ClN2O3S/c1-14-4-3-5-15(2)19(14)22-20(24)16-10-12-23(13-11-16)27(25,26)18-8-6-17(21)7-9-18/h3-9,16H,10-13H2,1-2H3,(H,22,24). The Labute approximate surface area is 165 Å². The fourth-order valence-electron chi connectivity index (χ4n) is 3.35. The van der Waals surface area contributed by atoms with Gasteiger partial charge in [-0.2, -0.15) is 4.31 Å². The van der Waals surface area contributed by atoms with E-state index >= 15 is 0 Å². The third-order valence-corrected chi connectivity index (χ3v) is 7.17. The summed E-state index contributed by atoms with van der Waals surface area (Å²) in [5.41, 5.74) is 2.89. The number of anilines is 1. The van der Waals surface area contributed by atoms with Crippen molar-refractivity contribution in [2.24, 2.45) is 5.92 Å². The molecular formula is C20H23ClN2O3S. The van der Waals surface area contributed by atoms with Gasteiger partial charge < -0.3 is 5.32 Å². The van der Waals surface area contributed by atoms with Gasteiger partial charge in [0.25, 0.3) is 0 Å². The van der Waals surface area contributed by atoms with Gasteiger partial charge in [-0.25, -0.2) is 8.42 Å². The summed E-state index contributed by atoms with van der Waals surface area (Å²) in [6.07, 6.45) is 1.01. The minimum absolute atomic E-state index is 0.0454. The van der Waals surface area contributed by atoms with Crippen LogP contribution < -0.4 is 5.32 Å². The number of hydrogen-bond donors (Lipinski definition) is 1. The Morgan fingerprint density at radius 2 is 1.59 bits per heavy atom. The number of carbonyl (C=O) groups is 1. The number of halogens is 1. The Hall–Kier alpha value is -1.89. The fourth-order valence-corrected chi connectivity index (χ4v) is 4.95. The summed E-state index contributed by atoms with van der Waals surface area (Å²) in [5.74, 6) is -0.239. The van der Waals surface area contributed by atoms with E-state index in [0.717, 1.165) is 16.8 Å². The van der Waals surface area contributed by atoms with Crippen LogP contribution >= 0.6 is 11.6 Å². The second-order valence-electron chi connectivity index (χ2n) is 6.89. The Morgan fingerprint density at radius 1 is 1.04 bits per heavy atom. The molecule has 1 heterocycles. The first-order chi connectivity index (χ1) is 12.8. The zero-order valence-corrected chi connectivity index (χ0v) is 17.0. The fraction of sp³-hybridized carbons (Fsp3) is 0.350. The van der Waals surface area contributed by atoms with E-state index in [-0.39, 0.29) is 16.7 Å². The van der Waals surface area contributed by atoms with E-state index in [2.05, 4.69) is 5.32 Å². The number of hydrogen-bond acceptors (Lipinski definition) is 3. The highest BCUT2D eigenvalue weighted by molar-refractivity contribution is 7.89. The average Bonchev–Trinajstić information content (AvgIpc) is 2.65. The van der Waals surface area contributed by atoms with Crippen molar-refractivity contribution in [3.63, 3.8) is 0 Å². The van der Waals surface area contributed by atoms with Crippen LogP contribution in [0.1, 0.15) is 24.0 Å². The van der Waals surface area contributed by atoms with Crippen molar-refractivity contribution >= 4 is 33.2 Å². The number of rotatable bonds is 4. The van der Waals surface area contributed by atoms with E-state index in [4.69, 9.17) is 11.6 Å². The molecule has 0 aromatic heterocycles. The summed E-state index contributed by atoms with van der Waals surface area (Å²) >= 11 is 5.84. The number of aryl methyl sites for hydroxylation is 2. The summed E-state index contributed by atoms with van der Waals surface area (Å²) in [4.78, 5) is 12.9. The maximum absolute atomic E-state index is 12.7. The first-order valence-electron chi connectivity index (χ1n) is 8.92. The van der Waals surface area contributed by atoms with Crippen molar-refractivity contribution < 1.29 is 13.2 Å². The molecule has 2 aromatic carbocycles. The van der Waals surface area contributed by atoms with Crippen LogP contribution in [-0.4, -0.2) is 31.7 Å². The van der Waals surface area contributed by atoms with Crippen molar-refractivity contribution in [1.82, 2.24) is 4.31 Å². The van der Waals surface area contributed by atoms with Crippen LogP contribution in [0.5, 0.6) is 0 Å². The van der Waals surface area contributed by atoms with Crippen molar-refractivity contribution in [2.45, 2.75) is 31.6 Å². The molecule has 1 fully saturated rings. The number of carbonyl (C=O) groups excluding carboxylic acids is 1. The van der Waals surface area contributed by atoms with E-state index in [1.165, 1.54) is 16.4 Å². The molecule has 1 amide bonds. The molecule has 2 aromatic rings. The molecule has 7 heteroatoms. The molecule has 0 spiro atoms. The average molecular weight is 407 g/mol. The van der Waals surface area contributed by atoms with Crippen LogP contribution in [0.4, 0.5) is 5.69 Å². The van der Waals surface area contributed by atoms with Crippen LogP contribution in [0.15, 0.2) is 47.4 Å². The van der Waals surface area contributed by atoms with Crippen LogP contribution in [0.3, 0.4) is 0 Å². The molecule has 144 valence electrons. The molecule has 1 saturated heterocycles. The first-order valence-corrected chi connectivity index (χ1v) is 10.7. The maximum Gasteiger partial charge on any atom is 0.243 e. The molecule has 3 rings (SSSR count). The Bertz CT molecular complexity index is 914.